The maximum Gasteiger partial charge on any atom is 0.227 e. The van der Waals surface area contributed by atoms with E-state index in [9.17, 15) is 4.79 Å². The Morgan fingerprint density at radius 1 is 1.30 bits per heavy atom. The number of carbonyl (C=O) groups is 1. The molecular formula is C15H15ClN2OS. The van der Waals surface area contributed by atoms with E-state index in [1.165, 1.54) is 0 Å². The molecule has 2 aromatic heterocycles. The maximum absolute atomic E-state index is 11.7. The summed E-state index contributed by atoms with van der Waals surface area (Å²) in [4.78, 5) is 11.7. The van der Waals surface area contributed by atoms with E-state index in [0.717, 1.165) is 22.0 Å². The number of fused-ring (bicyclic) bond motifs is 1. The van der Waals surface area contributed by atoms with Crippen molar-refractivity contribution in [3.05, 3.63) is 58.4 Å². The Bertz CT molecular complexity index is 734. The molecular weight excluding hydrogens is 292 g/mol. The normalized spacial score (nSPS) is 12.1. The second-order valence-electron chi connectivity index (χ2n) is 4.52. The van der Waals surface area contributed by atoms with Crippen molar-refractivity contribution in [2.24, 2.45) is 5.73 Å². The van der Waals surface area contributed by atoms with Crippen LogP contribution < -0.4 is 5.73 Å². The first kappa shape index (κ1) is 14.8. The van der Waals surface area contributed by atoms with Crippen molar-refractivity contribution in [3.63, 3.8) is 0 Å². The van der Waals surface area contributed by atoms with E-state index in [1.54, 1.807) is 22.8 Å². The standard InChI is InChI=1S/C15H14N2OS.ClH/c1-10(18)17-8-13(12-4-2-3-5-14(12)17)15(16)11-6-7-19-9-11;/h2-9,15H,16H2,1H3;1H/t15-;/m0./s1. The van der Waals surface area contributed by atoms with Crippen LogP contribution in [0.2, 0.25) is 0 Å². The van der Waals surface area contributed by atoms with Gasteiger partial charge in [0, 0.05) is 18.5 Å². The lowest BCUT2D eigenvalue weighted by Crippen LogP contribution is -2.10. The lowest BCUT2D eigenvalue weighted by atomic mass is 10.0. The Hall–Kier alpha value is -1.62. The molecule has 2 heterocycles. The fourth-order valence-electron chi connectivity index (χ4n) is 2.35. The van der Waals surface area contributed by atoms with Gasteiger partial charge in [-0.15, -0.1) is 12.4 Å². The number of halogens is 1. The largest absolute Gasteiger partial charge is 0.320 e. The van der Waals surface area contributed by atoms with Crippen LogP contribution in [0.5, 0.6) is 0 Å². The first-order chi connectivity index (χ1) is 9.18. The lowest BCUT2D eigenvalue weighted by molar-refractivity contribution is 0.0941. The topological polar surface area (TPSA) is 48.0 Å². The highest BCUT2D eigenvalue weighted by molar-refractivity contribution is 7.08. The van der Waals surface area contributed by atoms with Gasteiger partial charge in [-0.25, -0.2) is 0 Å². The highest BCUT2D eigenvalue weighted by Gasteiger charge is 2.17. The molecule has 104 valence electrons. The molecule has 0 amide bonds. The van der Waals surface area contributed by atoms with E-state index in [-0.39, 0.29) is 24.4 Å². The molecule has 0 radical (unpaired) electrons. The maximum atomic E-state index is 11.7. The Labute approximate surface area is 127 Å². The molecule has 0 bridgehead atoms. The molecule has 0 fully saturated rings. The molecule has 0 spiro atoms. The van der Waals surface area contributed by atoms with Crippen LogP contribution in [0.15, 0.2) is 47.3 Å². The fraction of sp³-hybridized carbons (Fsp3) is 0.133. The van der Waals surface area contributed by atoms with Gasteiger partial charge in [0.25, 0.3) is 0 Å². The Morgan fingerprint density at radius 2 is 2.05 bits per heavy atom. The van der Waals surface area contributed by atoms with Gasteiger partial charge < -0.3 is 5.73 Å². The molecule has 0 aliphatic heterocycles. The summed E-state index contributed by atoms with van der Waals surface area (Å²) in [7, 11) is 0. The van der Waals surface area contributed by atoms with Gasteiger partial charge in [0.2, 0.25) is 5.91 Å². The highest BCUT2D eigenvalue weighted by Crippen LogP contribution is 2.30. The number of rotatable bonds is 2. The number of hydrogen-bond acceptors (Lipinski definition) is 3. The smallest absolute Gasteiger partial charge is 0.227 e. The summed E-state index contributed by atoms with van der Waals surface area (Å²) in [6.45, 7) is 1.56. The van der Waals surface area contributed by atoms with Crippen LogP contribution in [0.25, 0.3) is 10.9 Å². The van der Waals surface area contributed by atoms with Gasteiger partial charge in [-0.3, -0.25) is 9.36 Å². The molecule has 0 aliphatic rings. The van der Waals surface area contributed by atoms with Gasteiger partial charge in [-0.1, -0.05) is 18.2 Å². The zero-order chi connectivity index (χ0) is 13.4. The second kappa shape index (κ2) is 5.79. The van der Waals surface area contributed by atoms with Crippen LogP contribution in [0.4, 0.5) is 0 Å². The number of benzene rings is 1. The van der Waals surface area contributed by atoms with Gasteiger partial charge >= 0.3 is 0 Å². The zero-order valence-electron chi connectivity index (χ0n) is 10.9. The molecule has 1 atom stereocenters. The quantitative estimate of drug-likeness (QED) is 0.782. The van der Waals surface area contributed by atoms with Crippen molar-refractivity contribution in [2.75, 3.05) is 0 Å². The molecule has 0 unspecified atom stereocenters. The molecule has 20 heavy (non-hydrogen) atoms. The van der Waals surface area contributed by atoms with Crippen molar-refractivity contribution in [3.8, 4) is 0 Å². The van der Waals surface area contributed by atoms with Crippen LogP contribution in [-0.2, 0) is 0 Å². The van der Waals surface area contributed by atoms with Crippen LogP contribution >= 0.6 is 23.7 Å². The number of aromatic nitrogens is 1. The summed E-state index contributed by atoms with van der Waals surface area (Å²) in [6, 6.07) is 9.68. The minimum atomic E-state index is -0.197. The Kier molecular flexibility index (Phi) is 4.28. The summed E-state index contributed by atoms with van der Waals surface area (Å²) >= 11 is 1.63. The summed E-state index contributed by atoms with van der Waals surface area (Å²) < 4.78 is 1.66. The van der Waals surface area contributed by atoms with Crippen LogP contribution in [0.3, 0.4) is 0 Å². The average Bonchev–Trinajstić information content (AvgIpc) is 3.05. The first-order valence-electron chi connectivity index (χ1n) is 6.07. The van der Waals surface area contributed by atoms with Gasteiger partial charge in [-0.2, -0.15) is 11.3 Å². The molecule has 5 heteroatoms. The van der Waals surface area contributed by atoms with Crippen molar-refractivity contribution >= 4 is 40.6 Å². The third-order valence-electron chi connectivity index (χ3n) is 3.32. The van der Waals surface area contributed by atoms with Crippen LogP contribution in [-0.4, -0.2) is 10.5 Å². The minimum Gasteiger partial charge on any atom is -0.320 e. The minimum absolute atomic E-state index is 0. The average molecular weight is 307 g/mol. The molecule has 0 saturated carbocycles. The molecule has 0 aliphatic carbocycles. The second-order valence-corrected chi connectivity index (χ2v) is 5.30. The van der Waals surface area contributed by atoms with E-state index in [2.05, 4.69) is 0 Å². The predicted octanol–water partition coefficient (Wildman–Crippen LogP) is 3.83. The summed E-state index contributed by atoms with van der Waals surface area (Å²) in [5, 5.41) is 5.10. The van der Waals surface area contributed by atoms with Gasteiger partial charge in [0.1, 0.15) is 0 Å². The number of nitrogens with two attached hydrogens (primary N) is 1. The van der Waals surface area contributed by atoms with E-state index in [4.69, 9.17) is 5.73 Å². The SMILES string of the molecule is CC(=O)n1cc([C@@H](N)c2ccsc2)c2ccccc21.Cl. The molecule has 3 rings (SSSR count). The van der Waals surface area contributed by atoms with E-state index in [1.807, 2.05) is 47.3 Å². The molecule has 2 N–H and O–H groups in total. The number of carbonyl (C=O) groups excluding carboxylic acids is 1. The molecule has 3 nitrogen and oxygen atoms in total. The fourth-order valence-corrected chi connectivity index (χ4v) is 3.04. The van der Waals surface area contributed by atoms with Crippen LogP contribution in [0.1, 0.15) is 28.9 Å². The Morgan fingerprint density at radius 3 is 2.70 bits per heavy atom. The van der Waals surface area contributed by atoms with Crippen molar-refractivity contribution in [1.29, 1.82) is 0 Å². The van der Waals surface area contributed by atoms with Crippen LogP contribution in [0, 0.1) is 0 Å². The Balaban J connectivity index is 0.00000147. The first-order valence-corrected chi connectivity index (χ1v) is 7.01. The van der Waals surface area contributed by atoms with Gasteiger partial charge in [0.15, 0.2) is 0 Å². The molecule has 3 aromatic rings. The van der Waals surface area contributed by atoms with Gasteiger partial charge in [0.05, 0.1) is 11.6 Å². The van der Waals surface area contributed by atoms with Crippen molar-refractivity contribution in [2.45, 2.75) is 13.0 Å². The summed E-state index contributed by atoms with van der Waals surface area (Å²) in [6.07, 6.45) is 1.86. The monoisotopic (exact) mass is 306 g/mol. The third-order valence-corrected chi connectivity index (χ3v) is 4.02. The number of hydrogen-bond donors (Lipinski definition) is 1. The highest BCUT2D eigenvalue weighted by atomic mass is 35.5. The molecule has 1 aromatic carbocycles. The van der Waals surface area contributed by atoms with Gasteiger partial charge in [-0.05, 0) is 34.0 Å². The third kappa shape index (κ3) is 2.38. The van der Waals surface area contributed by atoms with E-state index >= 15 is 0 Å². The molecule has 0 saturated heterocycles. The van der Waals surface area contributed by atoms with E-state index in [0.29, 0.717) is 0 Å². The summed E-state index contributed by atoms with van der Waals surface area (Å²) in [5.74, 6) is -0.0000291. The summed E-state index contributed by atoms with van der Waals surface area (Å²) in [5.41, 5.74) is 9.31. The van der Waals surface area contributed by atoms with E-state index < -0.39 is 0 Å². The number of nitrogens with zero attached hydrogens (tertiary/aromatic N) is 1. The zero-order valence-corrected chi connectivity index (χ0v) is 12.6. The number of para-hydroxylation sites is 1. The van der Waals surface area contributed by atoms with Crippen molar-refractivity contribution < 1.29 is 4.79 Å². The lowest BCUT2D eigenvalue weighted by Gasteiger charge is -2.08. The van der Waals surface area contributed by atoms with Crippen molar-refractivity contribution in [1.82, 2.24) is 4.57 Å². The number of thiophene rings is 1. The predicted molar refractivity (Wildman–Crippen MR) is 85.8 cm³/mol.